The van der Waals surface area contributed by atoms with Gasteiger partial charge in [0.05, 0.1) is 15.9 Å². The Hall–Kier alpha value is -3.00. The van der Waals surface area contributed by atoms with Crippen molar-refractivity contribution < 1.29 is 4.79 Å². The molecule has 8 heteroatoms. The maximum Gasteiger partial charge on any atom is 0.277 e. The number of para-hydroxylation sites is 1. The summed E-state index contributed by atoms with van der Waals surface area (Å²) in [6.45, 7) is 3.78. The summed E-state index contributed by atoms with van der Waals surface area (Å²) in [7, 11) is 1.81. The van der Waals surface area contributed by atoms with E-state index in [4.69, 9.17) is 0 Å². The molecule has 1 amide bonds. The molecule has 0 bridgehead atoms. The highest BCUT2D eigenvalue weighted by Crippen LogP contribution is 2.27. The van der Waals surface area contributed by atoms with Crippen molar-refractivity contribution in [3.8, 4) is 5.13 Å². The van der Waals surface area contributed by atoms with E-state index in [2.05, 4.69) is 20.5 Å². The number of anilines is 1. The van der Waals surface area contributed by atoms with E-state index in [9.17, 15) is 4.79 Å². The molecule has 0 saturated heterocycles. The molecule has 3 heterocycles. The van der Waals surface area contributed by atoms with E-state index in [0.717, 1.165) is 21.6 Å². The van der Waals surface area contributed by atoms with Gasteiger partial charge in [-0.25, -0.2) is 4.98 Å². The molecule has 0 radical (unpaired) electrons. The van der Waals surface area contributed by atoms with Crippen molar-refractivity contribution in [2.24, 2.45) is 7.05 Å². The number of carbonyl (C=O) groups is 1. The van der Waals surface area contributed by atoms with Crippen molar-refractivity contribution in [1.82, 2.24) is 24.5 Å². The first-order chi connectivity index (χ1) is 12.0. The highest BCUT2D eigenvalue weighted by atomic mass is 32.1. The molecule has 4 aromatic rings. The predicted molar refractivity (Wildman–Crippen MR) is 97.4 cm³/mol. The third-order valence-corrected chi connectivity index (χ3v) is 4.90. The van der Waals surface area contributed by atoms with Crippen LogP contribution >= 0.6 is 11.3 Å². The molecule has 0 atom stereocenters. The first-order valence-electron chi connectivity index (χ1n) is 7.76. The van der Waals surface area contributed by atoms with Gasteiger partial charge in [0.2, 0.25) is 5.13 Å². The summed E-state index contributed by atoms with van der Waals surface area (Å²) in [5, 5.41) is 12.3. The van der Waals surface area contributed by atoms with Crippen LogP contribution in [0.15, 0.2) is 36.4 Å². The van der Waals surface area contributed by atoms with Crippen molar-refractivity contribution in [3.63, 3.8) is 0 Å². The molecule has 1 N–H and O–H groups in total. The number of amides is 1. The molecule has 0 aliphatic heterocycles. The average Bonchev–Trinajstić information content (AvgIpc) is 3.25. The zero-order valence-electron chi connectivity index (χ0n) is 14.0. The molecule has 4 rings (SSSR count). The predicted octanol–water partition coefficient (Wildman–Crippen LogP) is 3.08. The molecule has 0 saturated carbocycles. The number of aromatic nitrogens is 5. The molecule has 0 unspecified atom stereocenters. The van der Waals surface area contributed by atoms with Crippen molar-refractivity contribution in [2.45, 2.75) is 13.8 Å². The lowest BCUT2D eigenvalue weighted by molar-refractivity contribution is 0.102. The van der Waals surface area contributed by atoms with Crippen LogP contribution in [0.4, 0.5) is 5.82 Å². The molecule has 7 nitrogen and oxygen atoms in total. The maximum absolute atomic E-state index is 12.5. The van der Waals surface area contributed by atoms with Crippen LogP contribution in [0.5, 0.6) is 0 Å². The van der Waals surface area contributed by atoms with Crippen LogP contribution in [0.25, 0.3) is 15.3 Å². The number of thiazole rings is 1. The number of nitrogens with one attached hydrogen (secondary N) is 1. The van der Waals surface area contributed by atoms with Gasteiger partial charge in [-0.2, -0.15) is 14.9 Å². The molecule has 25 heavy (non-hydrogen) atoms. The summed E-state index contributed by atoms with van der Waals surface area (Å²) in [4.78, 5) is 17.1. The van der Waals surface area contributed by atoms with Crippen LogP contribution in [0.1, 0.15) is 21.9 Å². The van der Waals surface area contributed by atoms with E-state index in [1.807, 2.05) is 51.2 Å². The zero-order valence-corrected chi connectivity index (χ0v) is 14.8. The Morgan fingerprint density at radius 3 is 2.68 bits per heavy atom. The van der Waals surface area contributed by atoms with E-state index in [0.29, 0.717) is 16.6 Å². The number of carbonyl (C=O) groups excluding carboxylic acids is 1. The normalized spacial score (nSPS) is 11.2. The minimum Gasteiger partial charge on any atom is -0.305 e. The van der Waals surface area contributed by atoms with E-state index >= 15 is 0 Å². The first-order valence-corrected chi connectivity index (χ1v) is 8.57. The van der Waals surface area contributed by atoms with Crippen LogP contribution in [0.3, 0.4) is 0 Å². The largest absolute Gasteiger partial charge is 0.305 e. The summed E-state index contributed by atoms with van der Waals surface area (Å²) in [5.41, 5.74) is 3.00. The number of benzene rings is 1. The van der Waals surface area contributed by atoms with Gasteiger partial charge >= 0.3 is 0 Å². The summed E-state index contributed by atoms with van der Waals surface area (Å²) < 4.78 is 4.40. The third-order valence-electron chi connectivity index (χ3n) is 3.88. The summed E-state index contributed by atoms with van der Waals surface area (Å²) >= 11 is 1.53. The Labute approximate surface area is 147 Å². The minimum absolute atomic E-state index is 0.272. The molecule has 3 aromatic heterocycles. The average molecular weight is 352 g/mol. The van der Waals surface area contributed by atoms with Gasteiger partial charge < -0.3 is 5.32 Å². The van der Waals surface area contributed by atoms with Crippen molar-refractivity contribution >= 4 is 33.3 Å². The molecule has 0 aliphatic rings. The summed E-state index contributed by atoms with van der Waals surface area (Å²) in [6.07, 6.45) is 0. The van der Waals surface area contributed by atoms with E-state index in [1.54, 1.807) is 15.4 Å². The van der Waals surface area contributed by atoms with E-state index in [1.165, 1.54) is 11.3 Å². The fourth-order valence-electron chi connectivity index (χ4n) is 2.54. The number of aryl methyl sites for hydroxylation is 3. The quantitative estimate of drug-likeness (QED) is 0.615. The van der Waals surface area contributed by atoms with Crippen molar-refractivity contribution in [1.29, 1.82) is 0 Å². The minimum atomic E-state index is -0.272. The number of rotatable bonds is 3. The van der Waals surface area contributed by atoms with Gasteiger partial charge in [-0.05, 0) is 32.0 Å². The van der Waals surface area contributed by atoms with E-state index in [-0.39, 0.29) is 5.91 Å². The van der Waals surface area contributed by atoms with Crippen LogP contribution in [0.2, 0.25) is 0 Å². The molecule has 126 valence electrons. The van der Waals surface area contributed by atoms with Gasteiger partial charge in [0.25, 0.3) is 5.91 Å². The third kappa shape index (κ3) is 2.80. The van der Waals surface area contributed by atoms with Crippen LogP contribution in [-0.4, -0.2) is 30.5 Å². The van der Waals surface area contributed by atoms with Crippen molar-refractivity contribution in [3.05, 3.63) is 53.5 Å². The fourth-order valence-corrected chi connectivity index (χ4v) is 3.47. The molecule has 0 aliphatic carbocycles. The fraction of sp³-hybridized carbons (Fsp3) is 0.176. The molecular formula is C17H16N6OS. The smallest absolute Gasteiger partial charge is 0.277 e. The Bertz CT molecular complexity index is 1040. The van der Waals surface area contributed by atoms with Gasteiger partial charge in [-0.1, -0.05) is 23.5 Å². The Kier molecular flexibility index (Phi) is 3.61. The SMILES string of the molecule is Cc1cc(NC(=O)c2cc(C)n(C)n2)n(-c2nc3ccccc3s2)n1. The number of nitrogens with zero attached hydrogens (tertiary/aromatic N) is 5. The highest BCUT2D eigenvalue weighted by Gasteiger charge is 2.17. The second-order valence-corrected chi connectivity index (χ2v) is 6.80. The highest BCUT2D eigenvalue weighted by molar-refractivity contribution is 7.20. The summed E-state index contributed by atoms with van der Waals surface area (Å²) in [5.74, 6) is 0.302. The lowest BCUT2D eigenvalue weighted by atomic mass is 10.3. The molecule has 0 spiro atoms. The van der Waals surface area contributed by atoms with Gasteiger partial charge in [0.1, 0.15) is 5.82 Å². The maximum atomic E-state index is 12.5. The zero-order chi connectivity index (χ0) is 17.6. The topological polar surface area (TPSA) is 77.6 Å². The molecule has 0 fully saturated rings. The van der Waals surface area contributed by atoms with Gasteiger partial charge in [0, 0.05) is 18.8 Å². The Balaban J connectivity index is 1.70. The van der Waals surface area contributed by atoms with Crippen molar-refractivity contribution in [2.75, 3.05) is 5.32 Å². The Morgan fingerprint density at radius 2 is 1.96 bits per heavy atom. The summed E-state index contributed by atoms with van der Waals surface area (Å²) in [6, 6.07) is 11.5. The number of fused-ring (bicyclic) bond motifs is 1. The number of hydrogen-bond acceptors (Lipinski definition) is 5. The second-order valence-electron chi connectivity index (χ2n) is 5.80. The van der Waals surface area contributed by atoms with Crippen LogP contribution in [0, 0.1) is 13.8 Å². The molecule has 1 aromatic carbocycles. The molecular weight excluding hydrogens is 336 g/mol. The first kappa shape index (κ1) is 15.5. The lowest BCUT2D eigenvalue weighted by Gasteiger charge is -2.04. The lowest BCUT2D eigenvalue weighted by Crippen LogP contribution is -2.16. The Morgan fingerprint density at radius 1 is 1.16 bits per heavy atom. The van der Waals surface area contributed by atoms with Gasteiger partial charge in [-0.15, -0.1) is 0 Å². The van der Waals surface area contributed by atoms with Crippen LogP contribution in [-0.2, 0) is 7.05 Å². The second kappa shape index (κ2) is 5.82. The van der Waals surface area contributed by atoms with Gasteiger partial charge in [0.15, 0.2) is 5.69 Å². The van der Waals surface area contributed by atoms with Crippen LogP contribution < -0.4 is 5.32 Å². The standard InChI is InChI=1S/C17H16N6OS/c1-10-8-15(19-16(24)13-9-11(2)22(3)21-13)23(20-10)17-18-12-6-4-5-7-14(12)25-17/h4-9H,1-3H3,(H,19,24). The monoisotopic (exact) mass is 352 g/mol. The number of hydrogen-bond donors (Lipinski definition) is 1. The van der Waals surface area contributed by atoms with E-state index < -0.39 is 0 Å². The van der Waals surface area contributed by atoms with Gasteiger partial charge in [-0.3, -0.25) is 9.48 Å².